The van der Waals surface area contributed by atoms with E-state index in [9.17, 15) is 4.39 Å². The van der Waals surface area contributed by atoms with Gasteiger partial charge in [-0.05, 0) is 29.8 Å². The van der Waals surface area contributed by atoms with Crippen molar-refractivity contribution in [3.8, 4) is 5.75 Å². The smallest absolute Gasteiger partial charge is 0.208 e. The number of hydrogen-bond acceptors (Lipinski definition) is 4. The van der Waals surface area contributed by atoms with Gasteiger partial charge in [-0.1, -0.05) is 47.6 Å². The molecule has 0 saturated carbocycles. The number of H-pyrrole nitrogens is 1. The highest BCUT2D eigenvalue weighted by atomic mass is 35.5. The number of aromatic nitrogens is 3. The van der Waals surface area contributed by atoms with Gasteiger partial charge in [-0.3, -0.25) is 5.10 Å². The minimum absolute atomic E-state index is 0.134. The molecule has 0 aliphatic rings. The Morgan fingerprint density at radius 3 is 2.70 bits per heavy atom. The average Bonchev–Trinajstić information content (AvgIpc) is 3.02. The van der Waals surface area contributed by atoms with Crippen molar-refractivity contribution in [3.63, 3.8) is 0 Å². The minimum atomic E-state index is -0.399. The number of halogens is 2. The predicted octanol–water partition coefficient (Wildman–Crippen LogP) is 4.47. The van der Waals surface area contributed by atoms with E-state index in [2.05, 4.69) is 15.2 Å². The fraction of sp³-hybridized carbons (Fsp3) is 0.125. The topological polar surface area (TPSA) is 50.8 Å². The van der Waals surface area contributed by atoms with Crippen molar-refractivity contribution in [2.45, 2.75) is 17.5 Å². The van der Waals surface area contributed by atoms with Crippen molar-refractivity contribution in [2.24, 2.45) is 0 Å². The number of nitrogens with zero attached hydrogens (tertiary/aromatic N) is 2. The third kappa shape index (κ3) is 4.46. The lowest BCUT2D eigenvalue weighted by molar-refractivity contribution is 0.281. The van der Waals surface area contributed by atoms with Gasteiger partial charge in [0.05, 0.1) is 0 Å². The average molecular weight is 350 g/mol. The number of hydrogen-bond donors (Lipinski definition) is 1. The molecular weight excluding hydrogens is 337 g/mol. The molecule has 1 N–H and O–H groups in total. The SMILES string of the molecule is Fc1ccccc1OCc1nc(SCc2ccc(Cl)cc2)n[nH]1. The Morgan fingerprint density at radius 2 is 1.91 bits per heavy atom. The van der Waals surface area contributed by atoms with Crippen LogP contribution in [0.5, 0.6) is 5.75 Å². The summed E-state index contributed by atoms with van der Waals surface area (Å²) in [5.41, 5.74) is 1.13. The van der Waals surface area contributed by atoms with Crippen molar-refractivity contribution in [1.29, 1.82) is 0 Å². The molecule has 3 aromatic rings. The first-order valence-corrected chi connectivity index (χ1v) is 8.23. The molecular formula is C16H13ClFN3OS. The Labute approximate surface area is 142 Å². The summed E-state index contributed by atoms with van der Waals surface area (Å²) in [5, 5.41) is 8.23. The molecule has 0 aliphatic carbocycles. The molecule has 0 spiro atoms. The standard InChI is InChI=1S/C16H13ClFN3OS/c17-12-7-5-11(6-8-12)10-23-16-19-15(20-21-16)9-22-14-4-2-1-3-13(14)18/h1-8H,9-10H2,(H,19,20,21). The zero-order valence-electron chi connectivity index (χ0n) is 12.0. The first-order valence-electron chi connectivity index (χ1n) is 6.86. The molecule has 0 saturated heterocycles. The molecule has 0 unspecified atom stereocenters. The third-order valence-electron chi connectivity index (χ3n) is 2.99. The highest BCUT2D eigenvalue weighted by Gasteiger charge is 2.07. The van der Waals surface area contributed by atoms with Crippen LogP contribution in [-0.4, -0.2) is 15.2 Å². The summed E-state index contributed by atoms with van der Waals surface area (Å²) in [6, 6.07) is 13.9. The number of aromatic amines is 1. The van der Waals surface area contributed by atoms with Crippen LogP contribution in [0.2, 0.25) is 5.02 Å². The maximum atomic E-state index is 13.4. The molecule has 0 amide bonds. The van der Waals surface area contributed by atoms with Gasteiger partial charge in [0, 0.05) is 10.8 Å². The van der Waals surface area contributed by atoms with Crippen LogP contribution in [0, 0.1) is 5.82 Å². The summed E-state index contributed by atoms with van der Waals surface area (Å²) in [4.78, 5) is 4.31. The normalized spacial score (nSPS) is 10.7. The summed E-state index contributed by atoms with van der Waals surface area (Å²) in [7, 11) is 0. The lowest BCUT2D eigenvalue weighted by Gasteiger charge is -2.04. The fourth-order valence-corrected chi connectivity index (χ4v) is 2.74. The van der Waals surface area contributed by atoms with E-state index in [0.717, 1.165) is 11.3 Å². The summed E-state index contributed by atoms with van der Waals surface area (Å²) in [6.07, 6.45) is 0. The number of rotatable bonds is 6. The second kappa shape index (κ2) is 7.48. The van der Waals surface area contributed by atoms with Crippen LogP contribution in [0.4, 0.5) is 4.39 Å². The lowest BCUT2D eigenvalue weighted by atomic mass is 10.2. The summed E-state index contributed by atoms with van der Waals surface area (Å²) in [6.45, 7) is 0.134. The highest BCUT2D eigenvalue weighted by molar-refractivity contribution is 7.98. The van der Waals surface area contributed by atoms with Crippen molar-refractivity contribution in [3.05, 3.63) is 70.8 Å². The maximum Gasteiger partial charge on any atom is 0.208 e. The molecule has 7 heteroatoms. The zero-order chi connectivity index (χ0) is 16.1. The molecule has 23 heavy (non-hydrogen) atoms. The van der Waals surface area contributed by atoms with Crippen LogP contribution in [0.25, 0.3) is 0 Å². The largest absolute Gasteiger partial charge is 0.483 e. The second-order valence-corrected chi connectivity index (χ2v) is 6.08. The Bertz CT molecular complexity index is 779. The van der Waals surface area contributed by atoms with Gasteiger partial charge in [0.15, 0.2) is 17.4 Å². The van der Waals surface area contributed by atoms with Crippen LogP contribution in [-0.2, 0) is 12.4 Å². The van der Waals surface area contributed by atoms with Crippen LogP contribution in [0.1, 0.15) is 11.4 Å². The van der Waals surface area contributed by atoms with Gasteiger partial charge in [0.1, 0.15) is 6.61 Å². The first-order chi connectivity index (χ1) is 11.2. The monoisotopic (exact) mass is 349 g/mol. The van der Waals surface area contributed by atoms with E-state index in [1.807, 2.05) is 24.3 Å². The van der Waals surface area contributed by atoms with Crippen molar-refractivity contribution in [2.75, 3.05) is 0 Å². The third-order valence-corrected chi connectivity index (χ3v) is 4.16. The molecule has 0 aliphatic heterocycles. The van der Waals surface area contributed by atoms with Gasteiger partial charge in [0.25, 0.3) is 0 Å². The second-order valence-electron chi connectivity index (χ2n) is 4.70. The zero-order valence-corrected chi connectivity index (χ0v) is 13.6. The highest BCUT2D eigenvalue weighted by Crippen LogP contribution is 2.21. The number of thioether (sulfide) groups is 1. The van der Waals surface area contributed by atoms with Gasteiger partial charge in [-0.25, -0.2) is 9.37 Å². The molecule has 0 fully saturated rings. The summed E-state index contributed by atoms with van der Waals surface area (Å²) >= 11 is 7.35. The molecule has 0 radical (unpaired) electrons. The molecule has 4 nitrogen and oxygen atoms in total. The van der Waals surface area contributed by atoms with Gasteiger partial charge in [-0.2, -0.15) is 0 Å². The molecule has 0 atom stereocenters. The van der Waals surface area contributed by atoms with Crippen LogP contribution < -0.4 is 4.74 Å². The molecule has 0 bridgehead atoms. The Hall–Kier alpha value is -2.05. The van der Waals surface area contributed by atoms with Gasteiger partial charge < -0.3 is 4.74 Å². The lowest BCUT2D eigenvalue weighted by Crippen LogP contribution is -1.99. The van der Waals surface area contributed by atoms with Gasteiger partial charge in [0.2, 0.25) is 5.16 Å². The molecule has 118 valence electrons. The van der Waals surface area contributed by atoms with E-state index in [1.54, 1.807) is 18.2 Å². The molecule has 3 rings (SSSR count). The minimum Gasteiger partial charge on any atom is -0.483 e. The summed E-state index contributed by atoms with van der Waals surface area (Å²) < 4.78 is 18.8. The van der Waals surface area contributed by atoms with Gasteiger partial charge >= 0.3 is 0 Å². The number of benzene rings is 2. The fourth-order valence-electron chi connectivity index (χ4n) is 1.84. The van der Waals surface area contributed by atoms with Crippen LogP contribution in [0.3, 0.4) is 0 Å². The van der Waals surface area contributed by atoms with E-state index < -0.39 is 5.82 Å². The number of nitrogens with one attached hydrogen (secondary N) is 1. The number of ether oxygens (including phenoxy) is 1. The van der Waals surface area contributed by atoms with Crippen molar-refractivity contribution in [1.82, 2.24) is 15.2 Å². The van der Waals surface area contributed by atoms with E-state index in [4.69, 9.17) is 16.3 Å². The summed E-state index contributed by atoms with van der Waals surface area (Å²) in [5.74, 6) is 1.08. The Balaban J connectivity index is 1.53. The molecule has 1 aromatic heterocycles. The molecule has 1 heterocycles. The van der Waals surface area contributed by atoms with Crippen LogP contribution >= 0.6 is 23.4 Å². The van der Waals surface area contributed by atoms with Crippen molar-refractivity contribution >= 4 is 23.4 Å². The quantitative estimate of drug-likeness (QED) is 0.667. The Kier molecular flexibility index (Phi) is 5.15. The van der Waals surface area contributed by atoms with Crippen molar-refractivity contribution < 1.29 is 9.13 Å². The van der Waals surface area contributed by atoms with Gasteiger partial charge in [-0.15, -0.1) is 5.10 Å². The van der Waals surface area contributed by atoms with E-state index >= 15 is 0 Å². The van der Waals surface area contributed by atoms with E-state index in [1.165, 1.54) is 17.8 Å². The first kappa shape index (κ1) is 15.8. The van der Waals surface area contributed by atoms with Crippen LogP contribution in [0.15, 0.2) is 53.7 Å². The maximum absolute atomic E-state index is 13.4. The number of para-hydroxylation sites is 1. The Morgan fingerprint density at radius 1 is 1.13 bits per heavy atom. The van der Waals surface area contributed by atoms with E-state index in [-0.39, 0.29) is 12.4 Å². The predicted molar refractivity (Wildman–Crippen MR) is 88.1 cm³/mol. The molecule has 2 aromatic carbocycles. The van der Waals surface area contributed by atoms with E-state index in [0.29, 0.717) is 16.0 Å².